The second kappa shape index (κ2) is 7.99. The zero-order valence-corrected chi connectivity index (χ0v) is 17.0. The predicted molar refractivity (Wildman–Crippen MR) is 104 cm³/mol. The van der Waals surface area contributed by atoms with Gasteiger partial charge in [-0.05, 0) is 24.3 Å². The number of anilines is 2. The maximum absolute atomic E-state index is 12.5. The Morgan fingerprint density at radius 1 is 1.07 bits per heavy atom. The summed E-state index contributed by atoms with van der Waals surface area (Å²) < 4.78 is 42.2. The average molecular weight is 434 g/mol. The van der Waals surface area contributed by atoms with Gasteiger partial charge in [0.15, 0.2) is 5.57 Å². The molecule has 0 bridgehead atoms. The maximum Gasteiger partial charge on any atom is 0.350 e. The first kappa shape index (κ1) is 21.0. The number of nitrogens with zero attached hydrogens (tertiary/aromatic N) is 2. The number of benzene rings is 1. The molecule has 0 saturated carbocycles. The molecule has 0 unspecified atom stereocenters. The number of carbonyl (C=O) groups is 2. The van der Waals surface area contributed by atoms with Gasteiger partial charge < -0.3 is 19.5 Å². The molecule has 12 heteroatoms. The number of hydrogen-bond acceptors (Lipinski definition) is 10. The smallest absolute Gasteiger partial charge is 0.350 e. The fourth-order valence-electron chi connectivity index (χ4n) is 2.37. The topological polar surface area (TPSA) is 146 Å². The van der Waals surface area contributed by atoms with Crippen molar-refractivity contribution in [2.75, 3.05) is 17.1 Å². The molecule has 3 rings (SSSR count). The molecule has 0 atom stereocenters. The summed E-state index contributed by atoms with van der Waals surface area (Å²) in [5.74, 6) is -2.73. The van der Waals surface area contributed by atoms with Crippen LogP contribution in [0.15, 0.2) is 53.3 Å². The fourth-order valence-corrected chi connectivity index (χ4v) is 3.37. The summed E-state index contributed by atoms with van der Waals surface area (Å²) in [4.78, 5) is 31.4. The van der Waals surface area contributed by atoms with Gasteiger partial charge in [0.1, 0.15) is 12.1 Å². The van der Waals surface area contributed by atoms with Gasteiger partial charge in [-0.1, -0.05) is 0 Å². The van der Waals surface area contributed by atoms with Gasteiger partial charge in [-0.25, -0.2) is 28.0 Å². The largest absolute Gasteiger partial charge is 0.481 e. The Balaban J connectivity index is 1.71. The van der Waals surface area contributed by atoms with Crippen LogP contribution in [0, 0.1) is 0 Å². The Hall–Kier alpha value is -3.67. The molecule has 0 aliphatic carbocycles. The normalized spacial score (nSPS) is 15.6. The zero-order chi connectivity index (χ0) is 21.9. The van der Waals surface area contributed by atoms with Crippen LogP contribution in [-0.2, 0) is 29.1 Å². The van der Waals surface area contributed by atoms with Crippen molar-refractivity contribution in [2.45, 2.75) is 24.5 Å². The van der Waals surface area contributed by atoms with Gasteiger partial charge in [-0.15, -0.1) is 0 Å². The van der Waals surface area contributed by atoms with Gasteiger partial charge in [0.05, 0.1) is 12.0 Å². The van der Waals surface area contributed by atoms with Crippen LogP contribution >= 0.6 is 0 Å². The SMILES string of the molecule is COc1cc(NS(=O)(=O)c2ccc(NC=C3C(=O)OC(C)(C)OC3=O)cc2)ncn1. The molecular formula is C18H18N4O7S. The van der Waals surface area contributed by atoms with E-state index >= 15 is 0 Å². The summed E-state index contributed by atoms with van der Waals surface area (Å²) >= 11 is 0. The molecule has 11 nitrogen and oxygen atoms in total. The van der Waals surface area contributed by atoms with Gasteiger partial charge in [-0.2, -0.15) is 0 Å². The van der Waals surface area contributed by atoms with E-state index in [1.54, 1.807) is 0 Å². The van der Waals surface area contributed by atoms with Crippen LogP contribution in [-0.4, -0.2) is 43.2 Å². The van der Waals surface area contributed by atoms with Gasteiger partial charge in [0.2, 0.25) is 5.88 Å². The van der Waals surface area contributed by atoms with E-state index in [0.717, 1.165) is 6.20 Å². The van der Waals surface area contributed by atoms with E-state index in [2.05, 4.69) is 20.0 Å². The quantitative estimate of drug-likeness (QED) is 0.389. The van der Waals surface area contributed by atoms with Crippen LogP contribution in [0.25, 0.3) is 0 Å². The standard InChI is InChI=1S/C18H18N4O7S/c1-18(2)28-16(23)13(17(24)29-18)9-19-11-4-6-12(7-5-11)30(25,26)22-14-8-15(27-3)21-10-20-14/h4-10,19H,1-3H3,(H,20,21,22). The number of cyclic esters (lactones) is 2. The first-order chi connectivity index (χ1) is 14.1. The maximum atomic E-state index is 12.5. The average Bonchev–Trinajstić information content (AvgIpc) is 2.66. The first-order valence-electron chi connectivity index (χ1n) is 8.52. The van der Waals surface area contributed by atoms with Crippen molar-refractivity contribution >= 4 is 33.5 Å². The second-order valence-corrected chi connectivity index (χ2v) is 8.14. The summed E-state index contributed by atoms with van der Waals surface area (Å²) in [6.45, 7) is 2.88. The molecule has 158 valence electrons. The third kappa shape index (κ3) is 4.84. The molecule has 0 amide bonds. The Bertz CT molecular complexity index is 1090. The summed E-state index contributed by atoms with van der Waals surface area (Å²) in [5.41, 5.74) is 0.112. The number of nitrogens with one attached hydrogen (secondary N) is 2. The third-order valence-electron chi connectivity index (χ3n) is 3.75. The number of rotatable bonds is 6. The monoisotopic (exact) mass is 434 g/mol. The van der Waals surface area contributed by atoms with Crippen LogP contribution in [0.3, 0.4) is 0 Å². The number of hydrogen-bond donors (Lipinski definition) is 2. The van der Waals surface area contributed by atoms with Crippen molar-refractivity contribution in [2.24, 2.45) is 0 Å². The van der Waals surface area contributed by atoms with Crippen LogP contribution in [0.2, 0.25) is 0 Å². The van der Waals surface area contributed by atoms with Crippen molar-refractivity contribution in [3.8, 4) is 5.88 Å². The Morgan fingerprint density at radius 3 is 2.30 bits per heavy atom. The molecule has 1 aliphatic heterocycles. The minimum atomic E-state index is -3.91. The van der Waals surface area contributed by atoms with Gasteiger partial charge in [0.25, 0.3) is 15.8 Å². The number of aromatic nitrogens is 2. The molecule has 1 fully saturated rings. The molecule has 1 saturated heterocycles. The van der Waals surface area contributed by atoms with Crippen LogP contribution in [0.4, 0.5) is 11.5 Å². The lowest BCUT2D eigenvalue weighted by atomic mass is 10.2. The van der Waals surface area contributed by atoms with E-state index in [0.29, 0.717) is 5.69 Å². The summed E-state index contributed by atoms with van der Waals surface area (Å²) in [7, 11) is -2.51. The predicted octanol–water partition coefficient (Wildman–Crippen LogP) is 1.42. The molecule has 2 heterocycles. The minimum Gasteiger partial charge on any atom is -0.481 e. The highest BCUT2D eigenvalue weighted by molar-refractivity contribution is 7.92. The summed E-state index contributed by atoms with van der Waals surface area (Å²) in [6, 6.07) is 6.92. The second-order valence-electron chi connectivity index (χ2n) is 6.46. The number of sulfonamides is 1. The van der Waals surface area contributed by atoms with E-state index in [9.17, 15) is 18.0 Å². The molecular weight excluding hydrogens is 416 g/mol. The van der Waals surface area contributed by atoms with Crippen molar-refractivity contribution in [1.82, 2.24) is 9.97 Å². The van der Waals surface area contributed by atoms with Crippen LogP contribution < -0.4 is 14.8 Å². The van der Waals surface area contributed by atoms with E-state index < -0.39 is 27.7 Å². The zero-order valence-electron chi connectivity index (χ0n) is 16.2. The van der Waals surface area contributed by atoms with E-state index in [1.165, 1.54) is 57.6 Å². The molecule has 2 aromatic rings. The lowest BCUT2D eigenvalue weighted by Gasteiger charge is -2.29. The molecule has 1 aromatic heterocycles. The molecule has 0 spiro atoms. The number of ether oxygens (including phenoxy) is 3. The third-order valence-corrected chi connectivity index (χ3v) is 5.13. The lowest BCUT2D eigenvalue weighted by molar-refractivity contribution is -0.222. The summed E-state index contributed by atoms with van der Waals surface area (Å²) in [6.07, 6.45) is 2.30. The first-order valence-corrected chi connectivity index (χ1v) is 10.0. The molecule has 1 aromatic carbocycles. The van der Waals surface area contributed by atoms with Gasteiger partial charge >= 0.3 is 11.9 Å². The molecule has 30 heavy (non-hydrogen) atoms. The highest BCUT2D eigenvalue weighted by Gasteiger charge is 2.38. The van der Waals surface area contributed by atoms with Crippen LogP contribution in [0.5, 0.6) is 5.88 Å². The Morgan fingerprint density at radius 2 is 1.70 bits per heavy atom. The number of methoxy groups -OCH3 is 1. The van der Waals surface area contributed by atoms with Crippen LogP contribution in [0.1, 0.15) is 13.8 Å². The van der Waals surface area contributed by atoms with Crippen molar-refractivity contribution in [3.63, 3.8) is 0 Å². The van der Waals surface area contributed by atoms with Crippen molar-refractivity contribution in [1.29, 1.82) is 0 Å². The fraction of sp³-hybridized carbons (Fsp3) is 0.222. The molecule has 2 N–H and O–H groups in total. The highest BCUT2D eigenvalue weighted by Crippen LogP contribution is 2.23. The van der Waals surface area contributed by atoms with E-state index in [1.807, 2.05) is 0 Å². The van der Waals surface area contributed by atoms with Gasteiger partial charge in [0, 0.05) is 31.8 Å². The molecule has 1 aliphatic rings. The Kier molecular flexibility index (Phi) is 5.60. The van der Waals surface area contributed by atoms with Crippen molar-refractivity contribution in [3.05, 3.63) is 48.4 Å². The number of esters is 2. The van der Waals surface area contributed by atoms with E-state index in [-0.39, 0.29) is 22.2 Å². The summed E-state index contributed by atoms with van der Waals surface area (Å²) in [5, 5.41) is 2.73. The lowest BCUT2D eigenvalue weighted by Crippen LogP contribution is -2.42. The highest BCUT2D eigenvalue weighted by atomic mass is 32.2. The van der Waals surface area contributed by atoms with Gasteiger partial charge in [-0.3, -0.25) is 4.72 Å². The molecule has 0 radical (unpaired) electrons. The van der Waals surface area contributed by atoms with E-state index in [4.69, 9.17) is 14.2 Å². The minimum absolute atomic E-state index is 0.0310. The van der Waals surface area contributed by atoms with Crippen molar-refractivity contribution < 1.29 is 32.2 Å². The number of carbonyl (C=O) groups excluding carboxylic acids is 2. The Labute approximate surface area is 172 Å².